The fourth-order valence-corrected chi connectivity index (χ4v) is 2.67. The van der Waals surface area contributed by atoms with Gasteiger partial charge in [0.25, 0.3) is 0 Å². The topological polar surface area (TPSA) is 47.4 Å². The van der Waals surface area contributed by atoms with Gasteiger partial charge in [-0.05, 0) is 40.6 Å². The van der Waals surface area contributed by atoms with E-state index in [1.807, 2.05) is 37.5 Å². The van der Waals surface area contributed by atoms with Crippen LogP contribution in [0, 0.1) is 0 Å². The monoisotopic (exact) mass is 335 g/mol. The molecule has 0 radical (unpaired) electrons. The van der Waals surface area contributed by atoms with Crippen LogP contribution in [0.5, 0.6) is 5.75 Å². The number of carbonyl (C=O) groups excluding carboxylic acids is 1. The van der Waals surface area contributed by atoms with E-state index >= 15 is 0 Å². The van der Waals surface area contributed by atoms with Gasteiger partial charge >= 0.3 is 0 Å². The number of benzene rings is 2. The Balaban J connectivity index is 1.69. The number of ether oxygens (including phenoxy) is 1. The van der Waals surface area contributed by atoms with Crippen LogP contribution in [0.1, 0.15) is 11.1 Å². The van der Waals surface area contributed by atoms with Crippen LogP contribution in [-0.2, 0) is 18.4 Å². The Kier molecular flexibility index (Phi) is 4.84. The van der Waals surface area contributed by atoms with Crippen molar-refractivity contribution in [2.75, 3.05) is 14.2 Å². The highest BCUT2D eigenvalue weighted by Crippen LogP contribution is 2.22. The number of rotatable bonds is 5. The van der Waals surface area contributed by atoms with Crippen LogP contribution in [0.2, 0.25) is 0 Å². The van der Waals surface area contributed by atoms with Crippen molar-refractivity contribution in [2.24, 2.45) is 7.05 Å². The van der Waals surface area contributed by atoms with Gasteiger partial charge in [-0.1, -0.05) is 18.2 Å². The van der Waals surface area contributed by atoms with Gasteiger partial charge in [0.1, 0.15) is 5.75 Å². The van der Waals surface area contributed by atoms with Crippen molar-refractivity contribution >= 4 is 22.8 Å². The zero-order valence-electron chi connectivity index (χ0n) is 14.6. The standard InChI is InChI=1S/C20H21N3O2/c1-22(20(24)9-5-16-12-21-23(2)14-16)13-15-4-6-18-11-19(25-3)8-7-17(18)10-15/h4-12,14H,13H2,1-3H3/b9-5-. The van der Waals surface area contributed by atoms with Gasteiger partial charge < -0.3 is 9.64 Å². The van der Waals surface area contributed by atoms with Crippen LogP contribution < -0.4 is 4.74 Å². The number of amides is 1. The minimum atomic E-state index is -0.0429. The van der Waals surface area contributed by atoms with E-state index in [1.165, 1.54) is 0 Å². The molecular weight excluding hydrogens is 314 g/mol. The summed E-state index contributed by atoms with van der Waals surface area (Å²) in [5.74, 6) is 0.798. The molecule has 3 aromatic rings. The van der Waals surface area contributed by atoms with Gasteiger partial charge in [0.15, 0.2) is 0 Å². The molecule has 3 rings (SSSR count). The van der Waals surface area contributed by atoms with Gasteiger partial charge in [-0.2, -0.15) is 5.10 Å². The molecule has 0 spiro atoms. The van der Waals surface area contributed by atoms with Gasteiger partial charge in [0, 0.05) is 38.5 Å². The normalized spacial score (nSPS) is 11.2. The van der Waals surface area contributed by atoms with E-state index in [9.17, 15) is 4.79 Å². The maximum Gasteiger partial charge on any atom is 0.246 e. The number of aromatic nitrogens is 2. The number of aryl methyl sites for hydroxylation is 1. The summed E-state index contributed by atoms with van der Waals surface area (Å²) < 4.78 is 6.95. The molecule has 25 heavy (non-hydrogen) atoms. The summed E-state index contributed by atoms with van der Waals surface area (Å²) in [6.07, 6.45) is 6.93. The minimum absolute atomic E-state index is 0.0429. The first kappa shape index (κ1) is 16.8. The number of nitrogens with zero attached hydrogens (tertiary/aromatic N) is 3. The summed E-state index contributed by atoms with van der Waals surface area (Å²) in [5, 5.41) is 6.33. The highest BCUT2D eigenvalue weighted by molar-refractivity contribution is 5.91. The predicted octanol–water partition coefficient (Wildman–Crippen LogP) is 3.25. The van der Waals surface area contributed by atoms with Gasteiger partial charge in [-0.15, -0.1) is 0 Å². The third-order valence-corrected chi connectivity index (χ3v) is 4.05. The molecule has 0 aliphatic rings. The average molecular weight is 335 g/mol. The molecule has 0 aliphatic heterocycles. The molecule has 0 unspecified atom stereocenters. The lowest BCUT2D eigenvalue weighted by atomic mass is 10.1. The average Bonchev–Trinajstić information content (AvgIpc) is 3.04. The second-order valence-corrected chi connectivity index (χ2v) is 6.02. The highest BCUT2D eigenvalue weighted by Gasteiger charge is 2.07. The van der Waals surface area contributed by atoms with Crippen molar-refractivity contribution in [3.8, 4) is 5.75 Å². The van der Waals surface area contributed by atoms with Crippen molar-refractivity contribution in [3.63, 3.8) is 0 Å². The smallest absolute Gasteiger partial charge is 0.246 e. The molecule has 1 amide bonds. The number of likely N-dealkylation sites (N-methyl/N-ethyl adjacent to an activating group) is 1. The Hall–Kier alpha value is -3.08. The second kappa shape index (κ2) is 7.21. The molecule has 0 saturated heterocycles. The Bertz CT molecular complexity index is 928. The summed E-state index contributed by atoms with van der Waals surface area (Å²) in [6, 6.07) is 12.2. The number of hydrogen-bond acceptors (Lipinski definition) is 3. The molecule has 5 heteroatoms. The molecule has 5 nitrogen and oxygen atoms in total. The molecule has 1 heterocycles. The quantitative estimate of drug-likeness (QED) is 0.673. The van der Waals surface area contributed by atoms with E-state index in [4.69, 9.17) is 4.74 Å². The van der Waals surface area contributed by atoms with Crippen molar-refractivity contribution in [2.45, 2.75) is 6.54 Å². The maximum absolute atomic E-state index is 12.3. The van der Waals surface area contributed by atoms with Crippen LogP contribution in [0.4, 0.5) is 0 Å². The molecule has 0 fully saturated rings. The van der Waals surface area contributed by atoms with Crippen LogP contribution in [0.15, 0.2) is 54.9 Å². The fraction of sp³-hybridized carbons (Fsp3) is 0.200. The summed E-state index contributed by atoms with van der Waals surface area (Å²) >= 11 is 0. The molecule has 0 bridgehead atoms. The summed E-state index contributed by atoms with van der Waals surface area (Å²) in [4.78, 5) is 14.0. The van der Waals surface area contributed by atoms with Gasteiger partial charge in [0.05, 0.1) is 13.3 Å². The molecule has 0 atom stereocenters. The zero-order chi connectivity index (χ0) is 17.8. The molecule has 0 saturated carbocycles. The molecule has 1 aromatic heterocycles. The molecular formula is C20H21N3O2. The highest BCUT2D eigenvalue weighted by atomic mass is 16.5. The van der Waals surface area contributed by atoms with Crippen molar-refractivity contribution < 1.29 is 9.53 Å². The van der Waals surface area contributed by atoms with Crippen LogP contribution in [0.3, 0.4) is 0 Å². The van der Waals surface area contributed by atoms with Gasteiger partial charge in [0.2, 0.25) is 5.91 Å². The lowest BCUT2D eigenvalue weighted by Gasteiger charge is -2.15. The number of methoxy groups -OCH3 is 1. The first-order chi connectivity index (χ1) is 12.0. The summed E-state index contributed by atoms with van der Waals surface area (Å²) in [6.45, 7) is 0.554. The lowest BCUT2D eigenvalue weighted by molar-refractivity contribution is -0.125. The summed E-state index contributed by atoms with van der Waals surface area (Å²) in [5.41, 5.74) is 1.99. The number of fused-ring (bicyclic) bond motifs is 1. The summed E-state index contributed by atoms with van der Waals surface area (Å²) in [7, 11) is 5.31. The lowest BCUT2D eigenvalue weighted by Crippen LogP contribution is -2.24. The maximum atomic E-state index is 12.3. The van der Waals surface area contributed by atoms with E-state index in [1.54, 1.807) is 42.1 Å². The van der Waals surface area contributed by atoms with Crippen LogP contribution >= 0.6 is 0 Å². The second-order valence-electron chi connectivity index (χ2n) is 6.02. The van der Waals surface area contributed by atoms with E-state index in [0.717, 1.165) is 27.6 Å². The largest absolute Gasteiger partial charge is 0.497 e. The number of carbonyl (C=O) groups is 1. The van der Waals surface area contributed by atoms with Gasteiger partial charge in [-0.25, -0.2) is 0 Å². The van der Waals surface area contributed by atoms with E-state index < -0.39 is 0 Å². The van der Waals surface area contributed by atoms with Crippen LogP contribution in [0.25, 0.3) is 16.8 Å². The SMILES string of the molecule is COc1ccc2cc(CN(C)C(=O)/C=C\c3cnn(C)c3)ccc2c1. The predicted molar refractivity (Wildman–Crippen MR) is 99.2 cm³/mol. The van der Waals surface area contributed by atoms with Crippen molar-refractivity contribution in [1.29, 1.82) is 0 Å². The third-order valence-electron chi connectivity index (χ3n) is 4.05. The molecule has 0 aliphatic carbocycles. The van der Waals surface area contributed by atoms with E-state index in [0.29, 0.717) is 6.54 Å². The van der Waals surface area contributed by atoms with Gasteiger partial charge in [-0.3, -0.25) is 9.48 Å². The number of hydrogen-bond donors (Lipinski definition) is 0. The minimum Gasteiger partial charge on any atom is -0.497 e. The molecule has 128 valence electrons. The molecule has 0 N–H and O–H groups in total. The van der Waals surface area contributed by atoms with Crippen molar-refractivity contribution in [3.05, 3.63) is 66.0 Å². The van der Waals surface area contributed by atoms with Crippen molar-refractivity contribution in [1.82, 2.24) is 14.7 Å². The Labute approximate surface area is 147 Å². The van der Waals surface area contributed by atoms with E-state index in [-0.39, 0.29) is 5.91 Å². The Morgan fingerprint density at radius 2 is 2.00 bits per heavy atom. The first-order valence-corrected chi connectivity index (χ1v) is 8.03. The van der Waals surface area contributed by atoms with E-state index in [2.05, 4.69) is 17.2 Å². The molecule has 2 aromatic carbocycles. The first-order valence-electron chi connectivity index (χ1n) is 8.03. The Morgan fingerprint density at radius 1 is 1.24 bits per heavy atom. The Morgan fingerprint density at radius 3 is 2.72 bits per heavy atom. The zero-order valence-corrected chi connectivity index (χ0v) is 14.6. The third kappa shape index (κ3) is 4.07. The fourth-order valence-electron chi connectivity index (χ4n) is 2.67. The van der Waals surface area contributed by atoms with Crippen LogP contribution in [-0.4, -0.2) is 34.7 Å².